The van der Waals surface area contributed by atoms with Crippen molar-refractivity contribution in [2.24, 2.45) is 0 Å². The molecule has 1 aromatic carbocycles. The van der Waals surface area contributed by atoms with Crippen LogP contribution in [-0.2, 0) is 9.47 Å². The molecule has 0 amide bonds. The zero-order chi connectivity index (χ0) is 13.1. The molecule has 92 valence electrons. The van der Waals surface area contributed by atoms with Crippen LogP contribution in [0.2, 0.25) is 0 Å². The van der Waals surface area contributed by atoms with Gasteiger partial charge in [-0.15, -0.1) is 0 Å². The molecule has 0 aliphatic rings. The van der Waals surface area contributed by atoms with Crippen LogP contribution in [0, 0.1) is 0 Å². The maximum atomic E-state index is 11.6. The molecule has 4 nitrogen and oxygen atoms in total. The van der Waals surface area contributed by atoms with Crippen molar-refractivity contribution in [3.63, 3.8) is 0 Å². The van der Waals surface area contributed by atoms with Gasteiger partial charge < -0.3 is 9.47 Å². The molecule has 0 aromatic heterocycles. The first-order valence-corrected chi connectivity index (χ1v) is 5.46. The Balaban J connectivity index is 3.05. The highest BCUT2D eigenvalue weighted by molar-refractivity contribution is 6.66. The van der Waals surface area contributed by atoms with Crippen LogP contribution in [0.15, 0.2) is 24.3 Å². The largest absolute Gasteiger partial charge is 0.465 e. The highest BCUT2D eigenvalue weighted by Crippen LogP contribution is 2.29. The van der Waals surface area contributed by atoms with Crippen molar-refractivity contribution in [2.75, 3.05) is 7.11 Å². The first-order chi connectivity index (χ1) is 7.85. The van der Waals surface area contributed by atoms with E-state index < -0.39 is 15.9 Å². The molecule has 7 heteroatoms. The van der Waals surface area contributed by atoms with Gasteiger partial charge >= 0.3 is 15.9 Å². The summed E-state index contributed by atoms with van der Waals surface area (Å²) in [5.74, 6) is -1.60. The van der Waals surface area contributed by atoms with E-state index in [-0.39, 0.29) is 11.1 Å². The summed E-state index contributed by atoms with van der Waals surface area (Å²) in [7, 11) is 1.19. The van der Waals surface area contributed by atoms with E-state index in [9.17, 15) is 9.59 Å². The molecule has 0 radical (unpaired) electrons. The Bertz CT molecular complexity index is 439. The predicted octanol–water partition coefficient (Wildman–Crippen LogP) is 2.96. The summed E-state index contributed by atoms with van der Waals surface area (Å²) in [5.41, 5.74) is -0.0000694. The van der Waals surface area contributed by atoms with Crippen LogP contribution in [0.1, 0.15) is 20.7 Å². The first-order valence-electron chi connectivity index (χ1n) is 4.32. The molecule has 0 heterocycles. The summed E-state index contributed by atoms with van der Waals surface area (Å²) in [6, 6.07) is 5.88. The second kappa shape index (κ2) is 5.58. The molecule has 1 aromatic rings. The second-order valence-corrected chi connectivity index (χ2v) is 5.05. The number of alkyl halides is 3. The van der Waals surface area contributed by atoms with Gasteiger partial charge in [0.2, 0.25) is 0 Å². The lowest BCUT2D eigenvalue weighted by atomic mass is 10.1. The fourth-order valence-corrected chi connectivity index (χ4v) is 1.32. The third-order valence-corrected chi connectivity index (χ3v) is 1.99. The van der Waals surface area contributed by atoms with Gasteiger partial charge in [0.15, 0.2) is 0 Å². The van der Waals surface area contributed by atoms with Crippen molar-refractivity contribution >= 4 is 46.7 Å². The molecule has 17 heavy (non-hydrogen) atoms. The first kappa shape index (κ1) is 14.1. The van der Waals surface area contributed by atoms with Crippen LogP contribution in [0.25, 0.3) is 0 Å². The predicted molar refractivity (Wildman–Crippen MR) is 63.5 cm³/mol. The Kier molecular flexibility index (Phi) is 4.62. The average Bonchev–Trinajstić information content (AvgIpc) is 2.25. The van der Waals surface area contributed by atoms with Gasteiger partial charge in [0, 0.05) is 0 Å². The van der Waals surface area contributed by atoms with Gasteiger partial charge in [-0.3, -0.25) is 0 Å². The summed E-state index contributed by atoms with van der Waals surface area (Å²) in [4.78, 5) is 23.0. The quantitative estimate of drug-likeness (QED) is 0.622. The molecular formula is C10H7Cl3O4. The Morgan fingerprint density at radius 1 is 1.06 bits per heavy atom. The molecule has 0 bridgehead atoms. The molecule has 0 spiro atoms. The maximum absolute atomic E-state index is 11.6. The SMILES string of the molecule is COC(=O)c1ccccc1C(=O)OC(Cl)(Cl)Cl. The van der Waals surface area contributed by atoms with Crippen molar-refractivity contribution in [1.29, 1.82) is 0 Å². The summed E-state index contributed by atoms with van der Waals surface area (Å²) >= 11 is 15.9. The number of hydrogen-bond acceptors (Lipinski definition) is 4. The third kappa shape index (κ3) is 4.07. The number of hydrogen-bond donors (Lipinski definition) is 0. The smallest absolute Gasteiger partial charge is 0.342 e. The zero-order valence-corrected chi connectivity index (χ0v) is 10.8. The maximum Gasteiger partial charge on any atom is 0.342 e. The van der Waals surface area contributed by atoms with Gasteiger partial charge in [0.1, 0.15) is 0 Å². The molecule has 0 saturated carbocycles. The van der Waals surface area contributed by atoms with E-state index in [2.05, 4.69) is 9.47 Å². The van der Waals surface area contributed by atoms with E-state index in [4.69, 9.17) is 34.8 Å². The van der Waals surface area contributed by atoms with E-state index in [0.717, 1.165) is 0 Å². The molecule has 0 N–H and O–H groups in total. The Hall–Kier alpha value is -0.970. The van der Waals surface area contributed by atoms with Crippen LogP contribution in [0.3, 0.4) is 0 Å². The van der Waals surface area contributed by atoms with Crippen LogP contribution < -0.4 is 0 Å². The average molecular weight is 298 g/mol. The van der Waals surface area contributed by atoms with E-state index >= 15 is 0 Å². The van der Waals surface area contributed by atoms with Gasteiger partial charge in [0.25, 0.3) is 0 Å². The zero-order valence-electron chi connectivity index (χ0n) is 8.58. The number of esters is 2. The van der Waals surface area contributed by atoms with Crippen molar-refractivity contribution in [1.82, 2.24) is 0 Å². The molecule has 1 rings (SSSR count). The van der Waals surface area contributed by atoms with E-state index in [1.165, 1.54) is 19.2 Å². The number of methoxy groups -OCH3 is 1. The van der Waals surface area contributed by atoms with Gasteiger partial charge in [-0.2, -0.15) is 0 Å². The number of carbonyl (C=O) groups excluding carboxylic acids is 2. The number of carbonyl (C=O) groups is 2. The van der Waals surface area contributed by atoms with Gasteiger partial charge in [-0.1, -0.05) is 12.1 Å². The third-order valence-electron chi connectivity index (χ3n) is 1.76. The van der Waals surface area contributed by atoms with E-state index in [1.807, 2.05) is 0 Å². The number of rotatable bonds is 2. The highest BCUT2D eigenvalue weighted by Gasteiger charge is 2.28. The monoisotopic (exact) mass is 296 g/mol. The highest BCUT2D eigenvalue weighted by atomic mass is 35.6. The van der Waals surface area contributed by atoms with Gasteiger partial charge in [-0.05, 0) is 46.9 Å². The van der Waals surface area contributed by atoms with Gasteiger partial charge in [-0.25, -0.2) is 9.59 Å². The van der Waals surface area contributed by atoms with Crippen molar-refractivity contribution in [3.8, 4) is 0 Å². The Morgan fingerprint density at radius 3 is 1.94 bits per heavy atom. The number of ether oxygens (including phenoxy) is 2. The van der Waals surface area contributed by atoms with E-state index in [0.29, 0.717) is 0 Å². The minimum Gasteiger partial charge on any atom is -0.465 e. The fraction of sp³-hybridized carbons (Fsp3) is 0.200. The van der Waals surface area contributed by atoms with Gasteiger partial charge in [0.05, 0.1) is 18.2 Å². The summed E-state index contributed by atoms with van der Waals surface area (Å²) in [5, 5.41) is 0. The second-order valence-electron chi connectivity index (χ2n) is 2.87. The lowest BCUT2D eigenvalue weighted by Gasteiger charge is -2.13. The molecule has 0 fully saturated rings. The molecule has 0 atom stereocenters. The molecule has 0 saturated heterocycles. The Labute approximate surface area is 112 Å². The Morgan fingerprint density at radius 2 is 1.53 bits per heavy atom. The normalized spacial score (nSPS) is 10.8. The van der Waals surface area contributed by atoms with Crippen LogP contribution in [-0.4, -0.2) is 23.0 Å². The van der Waals surface area contributed by atoms with Crippen LogP contribution in [0.5, 0.6) is 0 Å². The summed E-state index contributed by atoms with van der Waals surface area (Å²) in [6.07, 6.45) is 0. The molecular weight excluding hydrogens is 290 g/mol. The fourth-order valence-electron chi connectivity index (χ4n) is 1.11. The van der Waals surface area contributed by atoms with Crippen LogP contribution >= 0.6 is 34.8 Å². The van der Waals surface area contributed by atoms with Crippen LogP contribution in [0.4, 0.5) is 0 Å². The van der Waals surface area contributed by atoms with E-state index in [1.54, 1.807) is 12.1 Å². The summed E-state index contributed by atoms with van der Waals surface area (Å²) in [6.45, 7) is 0. The number of benzene rings is 1. The topological polar surface area (TPSA) is 52.6 Å². The van der Waals surface area contributed by atoms with Crippen molar-refractivity contribution < 1.29 is 19.1 Å². The van der Waals surface area contributed by atoms with Crippen molar-refractivity contribution in [2.45, 2.75) is 3.98 Å². The number of halogens is 3. The molecule has 0 aliphatic heterocycles. The van der Waals surface area contributed by atoms with Crippen molar-refractivity contribution in [3.05, 3.63) is 35.4 Å². The standard InChI is InChI=1S/C10H7Cl3O4/c1-16-8(14)6-4-2-3-5-7(6)9(15)17-10(11,12)13/h2-5H,1H3. The molecule has 0 aliphatic carbocycles. The minimum atomic E-state index is -2.18. The minimum absolute atomic E-state index is 0.0363. The molecule has 0 unspecified atom stereocenters. The summed E-state index contributed by atoms with van der Waals surface area (Å²) < 4.78 is 6.84. The lowest BCUT2D eigenvalue weighted by Crippen LogP contribution is -2.19. The lowest BCUT2D eigenvalue weighted by molar-refractivity contribution is 0.0474.